The molecule has 4 aromatic rings. The number of furan rings is 1. The first-order chi connectivity index (χ1) is 16.5. The van der Waals surface area contributed by atoms with Crippen LogP contribution < -0.4 is 9.47 Å². The van der Waals surface area contributed by atoms with E-state index in [0.717, 1.165) is 41.5 Å². The number of carboxylic acid groups (broad SMARTS) is 1. The number of carboxylic acids is 1. The summed E-state index contributed by atoms with van der Waals surface area (Å²) in [4.78, 5) is 11.4. The number of hydrogen-bond acceptors (Lipinski definition) is 5. The molecule has 0 aliphatic carbocycles. The standard InChI is InChI=1S/C28H26O6/c1-2-20-16-24(21-12-14-32-18-21)25(29)17-27(20)33-13-6-8-19-7-5-9-22(15-19)34-26-11-4-3-10-23(26)28(30)31/h3-5,7,9-12,14-18,29H,2,6,8,13H2,1H3,(H,30,31). The summed E-state index contributed by atoms with van der Waals surface area (Å²) in [5.41, 5.74) is 3.74. The monoisotopic (exact) mass is 458 g/mol. The van der Waals surface area contributed by atoms with Crippen LogP contribution in [0.5, 0.6) is 23.0 Å². The number of aryl methyl sites for hydroxylation is 2. The molecule has 0 atom stereocenters. The molecule has 0 bridgehead atoms. The minimum Gasteiger partial charge on any atom is -0.507 e. The molecule has 174 valence electrons. The lowest BCUT2D eigenvalue weighted by atomic mass is 10.0. The average molecular weight is 459 g/mol. The second-order valence-corrected chi connectivity index (χ2v) is 7.85. The second-order valence-electron chi connectivity index (χ2n) is 7.85. The van der Waals surface area contributed by atoms with Crippen molar-refractivity contribution in [3.05, 3.63) is 95.9 Å². The van der Waals surface area contributed by atoms with Crippen molar-refractivity contribution in [3.8, 4) is 34.1 Å². The fourth-order valence-corrected chi connectivity index (χ4v) is 3.76. The molecule has 0 spiro atoms. The largest absolute Gasteiger partial charge is 0.507 e. The van der Waals surface area contributed by atoms with E-state index in [1.54, 1.807) is 42.9 Å². The molecule has 0 unspecified atom stereocenters. The van der Waals surface area contributed by atoms with E-state index >= 15 is 0 Å². The predicted octanol–water partition coefficient (Wildman–Crippen LogP) is 6.72. The number of carbonyl (C=O) groups is 1. The molecule has 0 saturated heterocycles. The number of para-hydroxylation sites is 1. The van der Waals surface area contributed by atoms with Crippen molar-refractivity contribution in [1.82, 2.24) is 0 Å². The van der Waals surface area contributed by atoms with Gasteiger partial charge in [0.2, 0.25) is 0 Å². The molecule has 0 saturated carbocycles. The van der Waals surface area contributed by atoms with E-state index < -0.39 is 5.97 Å². The normalized spacial score (nSPS) is 10.7. The molecule has 0 fully saturated rings. The van der Waals surface area contributed by atoms with E-state index in [2.05, 4.69) is 0 Å². The number of rotatable bonds is 10. The van der Waals surface area contributed by atoms with E-state index in [9.17, 15) is 15.0 Å². The van der Waals surface area contributed by atoms with Gasteiger partial charge < -0.3 is 24.1 Å². The van der Waals surface area contributed by atoms with Crippen LogP contribution in [0.1, 0.15) is 34.8 Å². The molecule has 0 amide bonds. The number of phenols is 1. The van der Waals surface area contributed by atoms with E-state index in [-0.39, 0.29) is 11.3 Å². The Bertz CT molecular complexity index is 1260. The van der Waals surface area contributed by atoms with E-state index in [0.29, 0.717) is 23.9 Å². The van der Waals surface area contributed by atoms with Gasteiger partial charge in [-0.2, -0.15) is 0 Å². The van der Waals surface area contributed by atoms with Crippen LogP contribution >= 0.6 is 0 Å². The molecule has 4 rings (SSSR count). The maximum absolute atomic E-state index is 11.4. The predicted molar refractivity (Wildman–Crippen MR) is 129 cm³/mol. The second kappa shape index (κ2) is 10.6. The number of ether oxygens (including phenoxy) is 2. The molecule has 2 N–H and O–H groups in total. The van der Waals surface area contributed by atoms with Gasteiger partial charge in [0.05, 0.1) is 19.1 Å². The van der Waals surface area contributed by atoms with Gasteiger partial charge in [-0.1, -0.05) is 31.2 Å². The summed E-state index contributed by atoms with van der Waals surface area (Å²) in [5.74, 6) is 0.690. The molecule has 3 aromatic carbocycles. The van der Waals surface area contributed by atoms with Gasteiger partial charge in [-0.3, -0.25) is 0 Å². The van der Waals surface area contributed by atoms with Gasteiger partial charge >= 0.3 is 5.97 Å². The number of aromatic hydroxyl groups is 1. The molecule has 0 aliphatic heterocycles. The average Bonchev–Trinajstić information content (AvgIpc) is 3.37. The summed E-state index contributed by atoms with van der Waals surface area (Å²) in [5, 5.41) is 19.8. The van der Waals surface area contributed by atoms with Crippen LogP contribution in [0.4, 0.5) is 0 Å². The van der Waals surface area contributed by atoms with Crippen LogP contribution in [0.3, 0.4) is 0 Å². The number of phenolic OH excluding ortho intramolecular Hbond substituents is 1. The number of benzene rings is 3. The van der Waals surface area contributed by atoms with Gasteiger partial charge in [0, 0.05) is 17.2 Å². The summed E-state index contributed by atoms with van der Waals surface area (Å²) in [6.07, 6.45) is 5.49. The summed E-state index contributed by atoms with van der Waals surface area (Å²) in [6.45, 7) is 2.54. The lowest BCUT2D eigenvalue weighted by Crippen LogP contribution is -2.02. The molecule has 6 heteroatoms. The Morgan fingerprint density at radius 3 is 2.62 bits per heavy atom. The minimum atomic E-state index is -1.03. The summed E-state index contributed by atoms with van der Waals surface area (Å²) in [7, 11) is 0. The van der Waals surface area contributed by atoms with Crippen molar-refractivity contribution < 1.29 is 28.9 Å². The lowest BCUT2D eigenvalue weighted by Gasteiger charge is -2.14. The maximum atomic E-state index is 11.4. The Kier molecular flexibility index (Phi) is 7.18. The molecule has 0 radical (unpaired) electrons. The number of aromatic carboxylic acids is 1. The van der Waals surface area contributed by atoms with Crippen LogP contribution in [0.15, 0.2) is 83.7 Å². The summed E-state index contributed by atoms with van der Waals surface area (Å²) in [6, 6.07) is 19.6. The first kappa shape index (κ1) is 23.0. The summed E-state index contributed by atoms with van der Waals surface area (Å²) < 4.78 is 16.9. The molecule has 0 aliphatic rings. The van der Waals surface area contributed by atoms with Crippen LogP contribution in [0, 0.1) is 0 Å². The zero-order valence-corrected chi connectivity index (χ0v) is 18.9. The van der Waals surface area contributed by atoms with E-state index in [1.165, 1.54) is 6.07 Å². The third-order valence-electron chi connectivity index (χ3n) is 5.50. The van der Waals surface area contributed by atoms with E-state index in [1.807, 2.05) is 37.3 Å². The van der Waals surface area contributed by atoms with E-state index in [4.69, 9.17) is 13.9 Å². The lowest BCUT2D eigenvalue weighted by molar-refractivity contribution is 0.0694. The Hall–Kier alpha value is -4.19. The van der Waals surface area contributed by atoms with Crippen LogP contribution in [0.2, 0.25) is 0 Å². The van der Waals surface area contributed by atoms with Crippen molar-refractivity contribution in [3.63, 3.8) is 0 Å². The van der Waals surface area contributed by atoms with Gasteiger partial charge in [-0.05, 0) is 66.8 Å². The fourth-order valence-electron chi connectivity index (χ4n) is 3.76. The van der Waals surface area contributed by atoms with Crippen molar-refractivity contribution in [2.24, 2.45) is 0 Å². The number of hydrogen-bond donors (Lipinski definition) is 2. The molecular formula is C28H26O6. The smallest absolute Gasteiger partial charge is 0.339 e. The highest BCUT2D eigenvalue weighted by Gasteiger charge is 2.13. The van der Waals surface area contributed by atoms with Gasteiger partial charge in [-0.25, -0.2) is 4.79 Å². The SMILES string of the molecule is CCc1cc(-c2ccoc2)c(O)cc1OCCCc1cccc(Oc2ccccc2C(=O)O)c1. The molecular weight excluding hydrogens is 432 g/mol. The Morgan fingerprint density at radius 1 is 1.00 bits per heavy atom. The third-order valence-corrected chi connectivity index (χ3v) is 5.50. The minimum absolute atomic E-state index is 0.120. The molecule has 1 aromatic heterocycles. The van der Waals surface area contributed by atoms with Crippen molar-refractivity contribution in [1.29, 1.82) is 0 Å². The Morgan fingerprint density at radius 2 is 1.85 bits per heavy atom. The van der Waals surface area contributed by atoms with Gasteiger partial charge in [0.15, 0.2) is 0 Å². The van der Waals surface area contributed by atoms with Gasteiger partial charge in [-0.15, -0.1) is 0 Å². The van der Waals surface area contributed by atoms with Gasteiger partial charge in [0.1, 0.15) is 28.6 Å². The quantitative estimate of drug-likeness (QED) is 0.257. The van der Waals surface area contributed by atoms with Crippen LogP contribution in [0.25, 0.3) is 11.1 Å². The maximum Gasteiger partial charge on any atom is 0.339 e. The highest BCUT2D eigenvalue weighted by atomic mass is 16.5. The zero-order valence-electron chi connectivity index (χ0n) is 18.9. The zero-order chi connectivity index (χ0) is 23.9. The van der Waals surface area contributed by atoms with Crippen LogP contribution in [-0.2, 0) is 12.8 Å². The van der Waals surface area contributed by atoms with Crippen molar-refractivity contribution in [2.45, 2.75) is 26.2 Å². The Labute approximate surface area is 198 Å². The highest BCUT2D eigenvalue weighted by molar-refractivity contribution is 5.90. The molecule has 6 nitrogen and oxygen atoms in total. The topological polar surface area (TPSA) is 89.1 Å². The third kappa shape index (κ3) is 5.41. The molecule has 34 heavy (non-hydrogen) atoms. The van der Waals surface area contributed by atoms with Crippen LogP contribution in [-0.4, -0.2) is 22.8 Å². The Balaban J connectivity index is 1.37. The first-order valence-corrected chi connectivity index (χ1v) is 11.2. The van der Waals surface area contributed by atoms with Gasteiger partial charge in [0.25, 0.3) is 0 Å². The fraction of sp³-hybridized carbons (Fsp3) is 0.179. The van der Waals surface area contributed by atoms with Crippen molar-refractivity contribution >= 4 is 5.97 Å². The van der Waals surface area contributed by atoms with Crippen molar-refractivity contribution in [2.75, 3.05) is 6.61 Å². The summed E-state index contributed by atoms with van der Waals surface area (Å²) >= 11 is 0. The molecule has 1 heterocycles. The highest BCUT2D eigenvalue weighted by Crippen LogP contribution is 2.36. The first-order valence-electron chi connectivity index (χ1n) is 11.2.